The van der Waals surface area contributed by atoms with E-state index in [4.69, 9.17) is 5.73 Å². The van der Waals surface area contributed by atoms with Crippen molar-refractivity contribution < 1.29 is 0 Å². The van der Waals surface area contributed by atoms with Crippen LogP contribution in [0.3, 0.4) is 0 Å². The monoisotopic (exact) mass is 212 g/mol. The van der Waals surface area contributed by atoms with Crippen molar-refractivity contribution in [2.45, 2.75) is 52.5 Å². The maximum absolute atomic E-state index is 6.12. The molecule has 2 nitrogen and oxygen atoms in total. The molecule has 2 atom stereocenters. The van der Waals surface area contributed by atoms with Gasteiger partial charge in [0.2, 0.25) is 0 Å². The number of rotatable bonds is 4. The fourth-order valence-electron chi connectivity index (χ4n) is 2.32. The third kappa shape index (κ3) is 4.52. The summed E-state index contributed by atoms with van der Waals surface area (Å²) >= 11 is 0. The summed E-state index contributed by atoms with van der Waals surface area (Å²) in [7, 11) is 0. The molecule has 1 fully saturated rings. The molecule has 1 aliphatic rings. The first kappa shape index (κ1) is 13.0. The van der Waals surface area contributed by atoms with Crippen molar-refractivity contribution in [2.24, 2.45) is 17.6 Å². The summed E-state index contributed by atoms with van der Waals surface area (Å²) in [4.78, 5) is 2.57. The van der Waals surface area contributed by atoms with Gasteiger partial charge in [0.15, 0.2) is 0 Å². The molecule has 0 bridgehead atoms. The van der Waals surface area contributed by atoms with Crippen LogP contribution in [-0.4, -0.2) is 30.6 Å². The minimum atomic E-state index is 0.350. The molecule has 0 aromatic carbocycles. The molecular weight excluding hydrogens is 184 g/mol. The molecular formula is C13H28N2. The maximum atomic E-state index is 6.12. The molecule has 90 valence electrons. The lowest BCUT2D eigenvalue weighted by Crippen LogP contribution is -2.41. The molecule has 0 radical (unpaired) electrons. The molecule has 0 aromatic heterocycles. The van der Waals surface area contributed by atoms with Gasteiger partial charge in [0.25, 0.3) is 0 Å². The molecule has 2 unspecified atom stereocenters. The van der Waals surface area contributed by atoms with Gasteiger partial charge in [-0.15, -0.1) is 0 Å². The topological polar surface area (TPSA) is 29.3 Å². The lowest BCUT2D eigenvalue weighted by atomic mass is 9.98. The van der Waals surface area contributed by atoms with Crippen LogP contribution in [0.5, 0.6) is 0 Å². The van der Waals surface area contributed by atoms with E-state index in [1.807, 2.05) is 0 Å². The Morgan fingerprint density at radius 2 is 2.00 bits per heavy atom. The molecule has 1 saturated heterocycles. The largest absolute Gasteiger partial charge is 0.326 e. The molecule has 1 heterocycles. The average Bonchev–Trinajstić information content (AvgIpc) is 2.43. The Morgan fingerprint density at radius 1 is 1.27 bits per heavy atom. The standard InChI is InChI=1S/C13H28N2/c1-4-12-6-5-8-15(9-7-12)10-13(14)11(2)3/h11-13H,4-10,14H2,1-3H3. The summed E-state index contributed by atoms with van der Waals surface area (Å²) in [6, 6.07) is 0.350. The molecule has 0 aliphatic carbocycles. The minimum Gasteiger partial charge on any atom is -0.326 e. The second-order valence-corrected chi connectivity index (χ2v) is 5.41. The molecule has 2 N–H and O–H groups in total. The van der Waals surface area contributed by atoms with Crippen molar-refractivity contribution >= 4 is 0 Å². The minimum absolute atomic E-state index is 0.350. The highest BCUT2D eigenvalue weighted by molar-refractivity contribution is 4.75. The summed E-state index contributed by atoms with van der Waals surface area (Å²) in [5.74, 6) is 1.57. The molecule has 15 heavy (non-hydrogen) atoms. The van der Waals surface area contributed by atoms with Gasteiger partial charge in [-0.25, -0.2) is 0 Å². The summed E-state index contributed by atoms with van der Waals surface area (Å²) in [5, 5.41) is 0. The molecule has 0 saturated carbocycles. The van der Waals surface area contributed by atoms with Crippen molar-refractivity contribution in [2.75, 3.05) is 19.6 Å². The Balaban J connectivity index is 2.31. The van der Waals surface area contributed by atoms with Crippen LogP contribution in [0.1, 0.15) is 46.5 Å². The van der Waals surface area contributed by atoms with E-state index >= 15 is 0 Å². The predicted octanol–water partition coefficient (Wildman–Crippen LogP) is 2.48. The highest BCUT2D eigenvalue weighted by Crippen LogP contribution is 2.20. The Morgan fingerprint density at radius 3 is 2.60 bits per heavy atom. The quantitative estimate of drug-likeness (QED) is 0.776. The lowest BCUT2D eigenvalue weighted by molar-refractivity contribution is 0.243. The van der Waals surface area contributed by atoms with Crippen molar-refractivity contribution in [1.82, 2.24) is 4.90 Å². The van der Waals surface area contributed by atoms with Gasteiger partial charge in [-0.3, -0.25) is 0 Å². The van der Waals surface area contributed by atoms with Crippen LogP contribution in [0, 0.1) is 11.8 Å². The zero-order valence-electron chi connectivity index (χ0n) is 10.7. The third-order valence-corrected chi connectivity index (χ3v) is 3.84. The van der Waals surface area contributed by atoms with E-state index in [1.165, 1.54) is 38.8 Å². The Labute approximate surface area is 95.2 Å². The van der Waals surface area contributed by atoms with E-state index in [0.717, 1.165) is 12.5 Å². The third-order valence-electron chi connectivity index (χ3n) is 3.84. The zero-order valence-corrected chi connectivity index (χ0v) is 10.7. The van der Waals surface area contributed by atoms with Crippen LogP contribution in [-0.2, 0) is 0 Å². The van der Waals surface area contributed by atoms with E-state index in [0.29, 0.717) is 12.0 Å². The van der Waals surface area contributed by atoms with E-state index in [2.05, 4.69) is 25.7 Å². The number of nitrogens with two attached hydrogens (primary N) is 1. The highest BCUT2D eigenvalue weighted by Gasteiger charge is 2.18. The summed E-state index contributed by atoms with van der Waals surface area (Å²) in [6.07, 6.45) is 5.51. The Bertz CT molecular complexity index is 168. The second kappa shape index (κ2) is 6.49. The first-order chi connectivity index (χ1) is 7.13. The van der Waals surface area contributed by atoms with Crippen molar-refractivity contribution in [3.63, 3.8) is 0 Å². The molecule has 0 amide bonds. The smallest absolute Gasteiger partial charge is 0.0191 e. The van der Waals surface area contributed by atoms with E-state index in [9.17, 15) is 0 Å². The van der Waals surface area contributed by atoms with Crippen LogP contribution >= 0.6 is 0 Å². The molecule has 0 aromatic rings. The first-order valence-corrected chi connectivity index (χ1v) is 6.61. The van der Waals surface area contributed by atoms with E-state index < -0.39 is 0 Å². The van der Waals surface area contributed by atoms with Crippen molar-refractivity contribution in [1.29, 1.82) is 0 Å². The van der Waals surface area contributed by atoms with Gasteiger partial charge in [0, 0.05) is 12.6 Å². The maximum Gasteiger partial charge on any atom is 0.0191 e. The normalized spacial score (nSPS) is 26.6. The molecule has 1 rings (SSSR count). The van der Waals surface area contributed by atoms with Gasteiger partial charge < -0.3 is 10.6 Å². The molecule has 1 aliphatic heterocycles. The zero-order chi connectivity index (χ0) is 11.3. The van der Waals surface area contributed by atoms with Crippen molar-refractivity contribution in [3.05, 3.63) is 0 Å². The Hall–Kier alpha value is -0.0800. The van der Waals surface area contributed by atoms with Gasteiger partial charge in [0.1, 0.15) is 0 Å². The van der Waals surface area contributed by atoms with Gasteiger partial charge in [-0.05, 0) is 44.2 Å². The van der Waals surface area contributed by atoms with Crippen LogP contribution in [0.2, 0.25) is 0 Å². The average molecular weight is 212 g/mol. The summed E-state index contributed by atoms with van der Waals surface area (Å²) < 4.78 is 0. The SMILES string of the molecule is CCC1CCCN(CC(N)C(C)C)CC1. The highest BCUT2D eigenvalue weighted by atomic mass is 15.1. The van der Waals surface area contributed by atoms with Gasteiger partial charge in [0.05, 0.1) is 0 Å². The Kier molecular flexibility index (Phi) is 5.62. The first-order valence-electron chi connectivity index (χ1n) is 6.61. The van der Waals surface area contributed by atoms with Gasteiger partial charge in [-0.2, -0.15) is 0 Å². The lowest BCUT2D eigenvalue weighted by Gasteiger charge is -2.26. The number of nitrogens with zero attached hydrogens (tertiary/aromatic N) is 1. The molecule has 2 heteroatoms. The predicted molar refractivity (Wildman–Crippen MR) is 66.9 cm³/mol. The van der Waals surface area contributed by atoms with Crippen LogP contribution in [0.15, 0.2) is 0 Å². The van der Waals surface area contributed by atoms with E-state index in [-0.39, 0.29) is 0 Å². The van der Waals surface area contributed by atoms with Gasteiger partial charge in [-0.1, -0.05) is 27.2 Å². The summed E-state index contributed by atoms with van der Waals surface area (Å²) in [5.41, 5.74) is 6.12. The van der Waals surface area contributed by atoms with Crippen LogP contribution in [0.4, 0.5) is 0 Å². The number of likely N-dealkylation sites (tertiary alicyclic amines) is 1. The van der Waals surface area contributed by atoms with Crippen molar-refractivity contribution in [3.8, 4) is 0 Å². The second-order valence-electron chi connectivity index (χ2n) is 5.41. The van der Waals surface area contributed by atoms with Crippen LogP contribution in [0.25, 0.3) is 0 Å². The van der Waals surface area contributed by atoms with Gasteiger partial charge >= 0.3 is 0 Å². The fourth-order valence-corrected chi connectivity index (χ4v) is 2.32. The molecule has 0 spiro atoms. The fraction of sp³-hybridized carbons (Fsp3) is 1.00. The number of hydrogen-bond donors (Lipinski definition) is 1. The number of hydrogen-bond acceptors (Lipinski definition) is 2. The summed E-state index contributed by atoms with van der Waals surface area (Å²) in [6.45, 7) is 10.4. The van der Waals surface area contributed by atoms with Crippen LogP contribution < -0.4 is 5.73 Å². The van der Waals surface area contributed by atoms with E-state index in [1.54, 1.807) is 0 Å².